The average molecular weight is 342 g/mol. The number of carbonyl (C=O) groups is 1. The van der Waals surface area contributed by atoms with Crippen LogP contribution in [0.2, 0.25) is 0 Å². The number of carbonyl (C=O) groups excluding carboxylic acids is 1. The van der Waals surface area contributed by atoms with Crippen LogP contribution in [-0.2, 0) is 4.74 Å². The first kappa shape index (κ1) is 17.4. The molecule has 0 saturated carbocycles. The maximum absolute atomic E-state index is 12.2. The van der Waals surface area contributed by atoms with Crippen molar-refractivity contribution >= 4 is 22.6 Å². The van der Waals surface area contributed by atoms with Crippen LogP contribution in [0.25, 0.3) is 10.8 Å². The van der Waals surface area contributed by atoms with Crippen LogP contribution in [0.4, 0.5) is 10.5 Å². The molecule has 0 atom stereocenters. The third kappa shape index (κ3) is 3.98. The van der Waals surface area contributed by atoms with Crippen molar-refractivity contribution in [1.29, 1.82) is 0 Å². The number of methoxy groups -OCH3 is 1. The van der Waals surface area contributed by atoms with E-state index in [9.17, 15) is 4.79 Å². The summed E-state index contributed by atoms with van der Waals surface area (Å²) >= 11 is 0. The highest BCUT2D eigenvalue weighted by atomic mass is 16.6. The van der Waals surface area contributed by atoms with Crippen molar-refractivity contribution in [2.75, 3.05) is 38.2 Å². The van der Waals surface area contributed by atoms with Gasteiger partial charge in [-0.25, -0.2) is 4.79 Å². The number of anilines is 1. The standard InChI is InChI=1S/C20H26N2O3/c1-20(2,3)25-19(23)22-12-10-21(11-13-22)18-7-5-6-15-8-9-16(24-4)14-17(15)18/h5-9,14H,10-13H2,1-4H3. The first-order valence-corrected chi connectivity index (χ1v) is 8.67. The largest absolute Gasteiger partial charge is 0.497 e. The van der Waals surface area contributed by atoms with Crippen LogP contribution in [0.15, 0.2) is 36.4 Å². The van der Waals surface area contributed by atoms with E-state index < -0.39 is 5.60 Å². The number of amides is 1. The Morgan fingerprint density at radius 3 is 2.40 bits per heavy atom. The van der Waals surface area contributed by atoms with Gasteiger partial charge in [0.1, 0.15) is 11.4 Å². The second-order valence-electron chi connectivity index (χ2n) is 7.32. The first-order chi connectivity index (χ1) is 11.9. The highest BCUT2D eigenvalue weighted by molar-refractivity contribution is 5.95. The molecule has 5 heteroatoms. The van der Waals surface area contributed by atoms with Gasteiger partial charge in [-0.05, 0) is 44.4 Å². The molecule has 0 radical (unpaired) electrons. The minimum Gasteiger partial charge on any atom is -0.497 e. The lowest BCUT2D eigenvalue weighted by molar-refractivity contribution is 0.0241. The lowest BCUT2D eigenvalue weighted by Gasteiger charge is -2.37. The molecule has 1 aliphatic heterocycles. The van der Waals surface area contributed by atoms with Gasteiger partial charge in [0.05, 0.1) is 7.11 Å². The van der Waals surface area contributed by atoms with Crippen LogP contribution in [-0.4, -0.2) is 49.9 Å². The van der Waals surface area contributed by atoms with Gasteiger partial charge in [-0.2, -0.15) is 0 Å². The number of benzene rings is 2. The summed E-state index contributed by atoms with van der Waals surface area (Å²) in [5, 5.41) is 2.36. The second-order valence-corrected chi connectivity index (χ2v) is 7.32. The smallest absolute Gasteiger partial charge is 0.410 e. The van der Waals surface area contributed by atoms with Crippen LogP contribution in [0.1, 0.15) is 20.8 Å². The monoisotopic (exact) mass is 342 g/mol. The van der Waals surface area contributed by atoms with Gasteiger partial charge in [-0.15, -0.1) is 0 Å². The van der Waals surface area contributed by atoms with Crippen LogP contribution >= 0.6 is 0 Å². The fourth-order valence-corrected chi connectivity index (χ4v) is 3.09. The molecule has 0 aliphatic carbocycles. The number of fused-ring (bicyclic) bond motifs is 1. The number of nitrogens with zero attached hydrogens (tertiary/aromatic N) is 2. The van der Waals surface area contributed by atoms with Crippen LogP contribution < -0.4 is 9.64 Å². The summed E-state index contributed by atoms with van der Waals surface area (Å²) in [6, 6.07) is 12.4. The van der Waals surface area contributed by atoms with Gasteiger partial charge in [0.25, 0.3) is 0 Å². The Morgan fingerprint density at radius 2 is 1.76 bits per heavy atom. The molecule has 25 heavy (non-hydrogen) atoms. The average Bonchev–Trinajstić information content (AvgIpc) is 2.59. The zero-order valence-corrected chi connectivity index (χ0v) is 15.4. The second kappa shape index (κ2) is 6.82. The molecule has 3 rings (SSSR count). The quantitative estimate of drug-likeness (QED) is 0.830. The summed E-state index contributed by atoms with van der Waals surface area (Å²) in [5.41, 5.74) is 0.723. The van der Waals surface area contributed by atoms with Crippen molar-refractivity contribution < 1.29 is 14.3 Å². The topological polar surface area (TPSA) is 42.0 Å². The van der Waals surface area contributed by atoms with Gasteiger partial charge < -0.3 is 19.3 Å². The molecule has 0 aromatic heterocycles. The zero-order valence-electron chi connectivity index (χ0n) is 15.4. The molecule has 1 aliphatic rings. The molecule has 2 aromatic rings. The number of hydrogen-bond acceptors (Lipinski definition) is 4. The van der Waals surface area contributed by atoms with E-state index >= 15 is 0 Å². The molecule has 134 valence electrons. The van der Waals surface area contributed by atoms with E-state index in [1.807, 2.05) is 26.8 Å². The van der Waals surface area contributed by atoms with Crippen molar-refractivity contribution in [3.05, 3.63) is 36.4 Å². The minimum absolute atomic E-state index is 0.230. The third-order valence-electron chi connectivity index (χ3n) is 4.34. The molecule has 1 fully saturated rings. The Bertz CT molecular complexity index is 759. The Balaban J connectivity index is 1.75. The first-order valence-electron chi connectivity index (χ1n) is 8.67. The highest BCUT2D eigenvalue weighted by Gasteiger charge is 2.26. The van der Waals surface area contributed by atoms with E-state index in [1.54, 1.807) is 12.0 Å². The van der Waals surface area contributed by atoms with Gasteiger partial charge in [-0.3, -0.25) is 0 Å². The van der Waals surface area contributed by atoms with Gasteiger partial charge in [0.2, 0.25) is 0 Å². The van der Waals surface area contributed by atoms with E-state index in [0.29, 0.717) is 13.1 Å². The van der Waals surface area contributed by atoms with E-state index in [1.165, 1.54) is 16.5 Å². The SMILES string of the molecule is COc1ccc2cccc(N3CCN(C(=O)OC(C)(C)C)CC3)c2c1. The summed E-state index contributed by atoms with van der Waals surface area (Å²) in [5.74, 6) is 0.854. The predicted molar refractivity (Wildman–Crippen MR) is 101 cm³/mol. The van der Waals surface area contributed by atoms with E-state index in [4.69, 9.17) is 9.47 Å². The highest BCUT2D eigenvalue weighted by Crippen LogP contribution is 2.30. The molecular formula is C20H26N2O3. The minimum atomic E-state index is -0.458. The maximum atomic E-state index is 12.2. The Kier molecular flexibility index (Phi) is 4.75. The number of rotatable bonds is 2. The molecule has 0 bridgehead atoms. The molecule has 0 unspecified atom stereocenters. The molecule has 5 nitrogen and oxygen atoms in total. The normalized spacial score (nSPS) is 15.4. The van der Waals surface area contributed by atoms with E-state index in [2.05, 4.69) is 35.2 Å². The van der Waals surface area contributed by atoms with Crippen LogP contribution in [0.5, 0.6) is 5.75 Å². The van der Waals surface area contributed by atoms with Crippen molar-refractivity contribution in [1.82, 2.24) is 4.90 Å². The molecule has 2 aromatic carbocycles. The Hall–Kier alpha value is -2.43. The maximum Gasteiger partial charge on any atom is 0.410 e. The summed E-state index contributed by atoms with van der Waals surface area (Å²) in [7, 11) is 1.68. The van der Waals surface area contributed by atoms with Crippen LogP contribution in [0.3, 0.4) is 0 Å². The number of hydrogen-bond donors (Lipinski definition) is 0. The summed E-state index contributed by atoms with van der Waals surface area (Å²) in [6.45, 7) is 8.58. The number of piperazine rings is 1. The lowest BCUT2D eigenvalue weighted by Crippen LogP contribution is -2.50. The van der Waals surface area contributed by atoms with E-state index in [0.717, 1.165) is 18.8 Å². The molecule has 1 heterocycles. The van der Waals surface area contributed by atoms with Gasteiger partial charge >= 0.3 is 6.09 Å². The molecule has 0 N–H and O–H groups in total. The predicted octanol–water partition coefficient (Wildman–Crippen LogP) is 3.91. The Morgan fingerprint density at radius 1 is 1.04 bits per heavy atom. The Labute approximate surface area is 149 Å². The summed E-state index contributed by atoms with van der Waals surface area (Å²) < 4.78 is 10.8. The fraction of sp³-hybridized carbons (Fsp3) is 0.450. The van der Waals surface area contributed by atoms with Crippen LogP contribution in [0, 0.1) is 0 Å². The van der Waals surface area contributed by atoms with Crippen molar-refractivity contribution in [2.24, 2.45) is 0 Å². The van der Waals surface area contributed by atoms with Crippen molar-refractivity contribution in [2.45, 2.75) is 26.4 Å². The van der Waals surface area contributed by atoms with Crippen molar-refractivity contribution in [3.8, 4) is 5.75 Å². The van der Waals surface area contributed by atoms with Gasteiger partial charge in [0, 0.05) is 37.3 Å². The van der Waals surface area contributed by atoms with Crippen molar-refractivity contribution in [3.63, 3.8) is 0 Å². The molecule has 1 amide bonds. The molecule has 1 saturated heterocycles. The third-order valence-corrected chi connectivity index (χ3v) is 4.34. The van der Waals surface area contributed by atoms with Gasteiger partial charge in [0.15, 0.2) is 0 Å². The molecule has 0 spiro atoms. The lowest BCUT2D eigenvalue weighted by atomic mass is 10.1. The zero-order chi connectivity index (χ0) is 18.0. The van der Waals surface area contributed by atoms with Gasteiger partial charge in [-0.1, -0.05) is 18.2 Å². The summed E-state index contributed by atoms with van der Waals surface area (Å²) in [6.07, 6.45) is -0.230. The fourth-order valence-electron chi connectivity index (χ4n) is 3.09. The van der Waals surface area contributed by atoms with E-state index in [-0.39, 0.29) is 6.09 Å². The molecular weight excluding hydrogens is 316 g/mol. The summed E-state index contributed by atoms with van der Waals surface area (Å²) in [4.78, 5) is 16.3. The number of ether oxygens (including phenoxy) is 2.